The van der Waals surface area contributed by atoms with Gasteiger partial charge in [0.25, 0.3) is 0 Å². The lowest BCUT2D eigenvalue weighted by Crippen LogP contribution is -2.38. The van der Waals surface area contributed by atoms with Gasteiger partial charge >= 0.3 is 6.18 Å². The fourth-order valence-corrected chi connectivity index (χ4v) is 6.17. The average molecular weight is 548 g/mol. The second-order valence-corrected chi connectivity index (χ2v) is 11.2. The predicted octanol–water partition coefficient (Wildman–Crippen LogP) is 5.59. The van der Waals surface area contributed by atoms with E-state index >= 15 is 4.39 Å². The van der Waals surface area contributed by atoms with Crippen LogP contribution in [0.25, 0.3) is 0 Å². The molecule has 0 N–H and O–H groups in total. The summed E-state index contributed by atoms with van der Waals surface area (Å²) in [5, 5.41) is 17.5. The summed E-state index contributed by atoms with van der Waals surface area (Å²) < 4.78 is 64.8. The van der Waals surface area contributed by atoms with Gasteiger partial charge in [0, 0.05) is 38.4 Å². The molecule has 12 heteroatoms. The molecule has 210 valence electrons. The van der Waals surface area contributed by atoms with Gasteiger partial charge in [-0.15, -0.1) is 15.3 Å². The molecule has 39 heavy (non-hydrogen) atoms. The van der Waals surface area contributed by atoms with Crippen LogP contribution in [0, 0.1) is 0 Å². The van der Waals surface area contributed by atoms with Gasteiger partial charge in [-0.1, -0.05) is 11.3 Å². The standard InChI is InChI=1S/C27H33F4N7O/c1-36-14-11-26(28,12-15-36)23-17-38(35-32-23)20-9-7-18(8-10-20)24-33-34-25-22(6-3-13-37(24)25)39-21-5-2-4-19(16-21)27(29,30)31/h2,4-5,16-18,20,22H,3,6-15H2,1H3. The summed E-state index contributed by atoms with van der Waals surface area (Å²) in [6.07, 6.45) is 2.84. The van der Waals surface area contributed by atoms with Gasteiger partial charge in [0.1, 0.15) is 17.3 Å². The van der Waals surface area contributed by atoms with Crippen LogP contribution in [0.4, 0.5) is 17.6 Å². The Morgan fingerprint density at radius 2 is 1.69 bits per heavy atom. The van der Waals surface area contributed by atoms with Crippen molar-refractivity contribution in [1.29, 1.82) is 0 Å². The molecule has 6 rings (SSSR count). The molecule has 1 aliphatic carbocycles. The Morgan fingerprint density at radius 3 is 2.44 bits per heavy atom. The largest absolute Gasteiger partial charge is 0.482 e. The smallest absolute Gasteiger partial charge is 0.416 e. The molecule has 1 atom stereocenters. The maximum absolute atomic E-state index is 15.5. The number of benzene rings is 1. The van der Waals surface area contributed by atoms with Crippen molar-refractivity contribution in [3.05, 3.63) is 53.4 Å². The van der Waals surface area contributed by atoms with Crippen molar-refractivity contribution in [3.8, 4) is 5.75 Å². The summed E-state index contributed by atoms with van der Waals surface area (Å²) in [5.41, 5.74) is -1.70. The van der Waals surface area contributed by atoms with E-state index in [1.165, 1.54) is 6.07 Å². The van der Waals surface area contributed by atoms with Crippen LogP contribution < -0.4 is 4.74 Å². The van der Waals surface area contributed by atoms with Crippen LogP contribution in [0.2, 0.25) is 0 Å². The molecule has 2 aliphatic heterocycles. The third-order valence-electron chi connectivity index (χ3n) is 8.57. The second-order valence-electron chi connectivity index (χ2n) is 11.2. The quantitative estimate of drug-likeness (QED) is 0.388. The number of halogens is 4. The highest BCUT2D eigenvalue weighted by atomic mass is 19.4. The van der Waals surface area contributed by atoms with Gasteiger partial charge in [0.15, 0.2) is 17.6 Å². The number of hydrogen-bond acceptors (Lipinski definition) is 6. The number of alkyl halides is 4. The van der Waals surface area contributed by atoms with E-state index in [1.807, 2.05) is 11.7 Å². The van der Waals surface area contributed by atoms with Crippen LogP contribution in [0.5, 0.6) is 5.75 Å². The van der Waals surface area contributed by atoms with Crippen LogP contribution in [-0.2, 0) is 18.4 Å². The number of likely N-dealkylation sites (tertiary alicyclic amines) is 1. The molecule has 0 amide bonds. The van der Waals surface area contributed by atoms with Crippen molar-refractivity contribution in [2.75, 3.05) is 20.1 Å². The molecule has 0 bridgehead atoms. The molecule has 0 spiro atoms. The zero-order chi connectivity index (χ0) is 27.2. The monoisotopic (exact) mass is 547 g/mol. The molecular formula is C27H33F4N7O. The molecule has 1 saturated heterocycles. The minimum absolute atomic E-state index is 0.165. The van der Waals surface area contributed by atoms with Crippen LogP contribution in [0.1, 0.15) is 92.3 Å². The maximum Gasteiger partial charge on any atom is 0.416 e. The Bertz CT molecular complexity index is 1290. The van der Waals surface area contributed by atoms with Crippen LogP contribution in [0.3, 0.4) is 0 Å². The molecule has 1 aromatic carbocycles. The highest BCUT2D eigenvalue weighted by Gasteiger charge is 2.39. The molecule has 2 fully saturated rings. The van der Waals surface area contributed by atoms with Gasteiger partial charge in [0.05, 0.1) is 17.8 Å². The Balaban J connectivity index is 1.11. The van der Waals surface area contributed by atoms with Gasteiger partial charge in [-0.25, -0.2) is 9.07 Å². The molecule has 0 radical (unpaired) electrons. The minimum atomic E-state index is -4.42. The van der Waals surface area contributed by atoms with Crippen LogP contribution in [0.15, 0.2) is 30.5 Å². The summed E-state index contributed by atoms with van der Waals surface area (Å²) in [6.45, 7) is 2.19. The number of rotatable bonds is 5. The first kappa shape index (κ1) is 26.2. The summed E-state index contributed by atoms with van der Waals surface area (Å²) in [4.78, 5) is 2.13. The lowest BCUT2D eigenvalue weighted by atomic mass is 9.85. The fraction of sp³-hybridized carbons (Fsp3) is 0.630. The third kappa shape index (κ3) is 5.27. The summed E-state index contributed by atoms with van der Waals surface area (Å²) >= 11 is 0. The van der Waals surface area contributed by atoms with Crippen molar-refractivity contribution < 1.29 is 22.3 Å². The number of piperidine rings is 1. The van der Waals surface area contributed by atoms with Gasteiger partial charge < -0.3 is 14.2 Å². The Kier molecular flexibility index (Phi) is 6.84. The van der Waals surface area contributed by atoms with Crippen molar-refractivity contribution in [3.63, 3.8) is 0 Å². The van der Waals surface area contributed by atoms with Gasteiger partial charge in [-0.05, 0) is 63.8 Å². The molecule has 1 unspecified atom stereocenters. The number of fused-ring (bicyclic) bond motifs is 1. The highest BCUT2D eigenvalue weighted by molar-refractivity contribution is 5.31. The van der Waals surface area contributed by atoms with E-state index in [0.717, 1.165) is 56.6 Å². The van der Waals surface area contributed by atoms with Crippen molar-refractivity contribution >= 4 is 0 Å². The van der Waals surface area contributed by atoms with E-state index in [4.69, 9.17) is 4.74 Å². The summed E-state index contributed by atoms with van der Waals surface area (Å²) in [6, 6.07) is 5.13. The molecule has 2 aromatic heterocycles. The first-order valence-electron chi connectivity index (χ1n) is 13.8. The number of ether oxygens (including phenoxy) is 1. The molecule has 3 aliphatic rings. The van der Waals surface area contributed by atoms with Gasteiger partial charge in [-0.2, -0.15) is 13.2 Å². The lowest BCUT2D eigenvalue weighted by molar-refractivity contribution is -0.137. The minimum Gasteiger partial charge on any atom is -0.482 e. The third-order valence-corrected chi connectivity index (χ3v) is 8.57. The van der Waals surface area contributed by atoms with E-state index in [9.17, 15) is 13.2 Å². The van der Waals surface area contributed by atoms with Crippen molar-refractivity contribution in [2.24, 2.45) is 0 Å². The van der Waals surface area contributed by atoms with Crippen molar-refractivity contribution in [1.82, 2.24) is 34.7 Å². The first-order chi connectivity index (χ1) is 18.7. The molecule has 3 aromatic rings. The molecule has 8 nitrogen and oxygen atoms in total. The number of hydrogen-bond donors (Lipinski definition) is 0. The van der Waals surface area contributed by atoms with E-state index < -0.39 is 23.5 Å². The first-order valence-corrected chi connectivity index (χ1v) is 13.8. The van der Waals surface area contributed by atoms with E-state index in [-0.39, 0.29) is 17.7 Å². The van der Waals surface area contributed by atoms with Crippen LogP contribution in [-0.4, -0.2) is 54.8 Å². The lowest BCUT2D eigenvalue weighted by Gasteiger charge is -2.33. The van der Waals surface area contributed by atoms with Crippen molar-refractivity contribution in [2.45, 2.75) is 87.8 Å². The van der Waals surface area contributed by atoms with Gasteiger partial charge in [0.2, 0.25) is 0 Å². The molecule has 1 saturated carbocycles. The Hall–Kier alpha value is -3.02. The number of aromatic nitrogens is 6. The Labute approximate surface area is 224 Å². The second kappa shape index (κ2) is 10.2. The Morgan fingerprint density at radius 1 is 0.949 bits per heavy atom. The molecule has 4 heterocycles. The van der Waals surface area contributed by atoms with E-state index in [0.29, 0.717) is 43.9 Å². The highest BCUT2D eigenvalue weighted by Crippen LogP contribution is 2.41. The average Bonchev–Trinajstić information content (AvgIpc) is 3.60. The van der Waals surface area contributed by atoms with E-state index in [2.05, 4.69) is 30.0 Å². The zero-order valence-electron chi connectivity index (χ0n) is 21.9. The zero-order valence-corrected chi connectivity index (χ0v) is 21.9. The topological polar surface area (TPSA) is 73.9 Å². The van der Waals surface area contributed by atoms with Crippen LogP contribution >= 0.6 is 0 Å². The normalized spacial score (nSPS) is 25.8. The molecular weight excluding hydrogens is 514 g/mol. The SMILES string of the molecule is CN1CCC(F)(c2cn(C3CCC(c4nnc5n4CCCC5Oc4cccc(C(F)(F)F)c4)CC3)nn2)CC1. The summed E-state index contributed by atoms with van der Waals surface area (Å²) in [5.74, 6) is 1.98. The predicted molar refractivity (Wildman–Crippen MR) is 134 cm³/mol. The summed E-state index contributed by atoms with van der Waals surface area (Å²) in [7, 11) is 2.00. The van der Waals surface area contributed by atoms with E-state index in [1.54, 1.807) is 12.3 Å². The maximum atomic E-state index is 15.5. The number of nitrogens with zero attached hydrogens (tertiary/aromatic N) is 7. The van der Waals surface area contributed by atoms with Gasteiger partial charge in [-0.3, -0.25) is 0 Å². The fourth-order valence-electron chi connectivity index (χ4n) is 6.17.